The van der Waals surface area contributed by atoms with Crippen molar-refractivity contribution >= 4 is 22.5 Å². The summed E-state index contributed by atoms with van der Waals surface area (Å²) in [4.78, 5) is 7.17. The van der Waals surface area contributed by atoms with Gasteiger partial charge in [0.05, 0.1) is 35.9 Å². The molecule has 1 saturated heterocycles. The lowest BCUT2D eigenvalue weighted by Crippen LogP contribution is -2.37. The molecule has 1 fully saturated rings. The fourth-order valence-corrected chi connectivity index (χ4v) is 4.19. The number of pyridine rings is 1. The third-order valence-corrected chi connectivity index (χ3v) is 5.77. The predicted octanol–water partition coefficient (Wildman–Crippen LogP) is 3.26. The van der Waals surface area contributed by atoms with Gasteiger partial charge in [0, 0.05) is 26.1 Å². The van der Waals surface area contributed by atoms with Gasteiger partial charge in [-0.3, -0.25) is 9.30 Å². The van der Waals surface area contributed by atoms with Crippen LogP contribution in [0.15, 0.2) is 24.3 Å². The van der Waals surface area contributed by atoms with Crippen LogP contribution in [0.4, 0.5) is 5.82 Å². The molecule has 0 saturated carbocycles. The quantitative estimate of drug-likeness (QED) is 0.610. The molecule has 1 aliphatic heterocycles. The van der Waals surface area contributed by atoms with Crippen LogP contribution in [-0.4, -0.2) is 53.7 Å². The fraction of sp³-hybridized carbons (Fsp3) is 0.435. The highest BCUT2D eigenvalue weighted by Crippen LogP contribution is 2.31. The third kappa shape index (κ3) is 3.82. The minimum absolute atomic E-state index is 0.409. The number of imidazole rings is 1. The first-order valence-electron chi connectivity index (χ1n) is 10.5. The molecule has 0 aliphatic carbocycles. The molecular weight excluding hydrogens is 376 g/mol. The van der Waals surface area contributed by atoms with E-state index in [-0.39, 0.29) is 0 Å². The van der Waals surface area contributed by atoms with E-state index in [4.69, 9.17) is 15.0 Å². The number of rotatable bonds is 7. The van der Waals surface area contributed by atoms with Crippen LogP contribution in [-0.2, 0) is 11.2 Å². The maximum atomic E-state index is 9.84. The monoisotopic (exact) mass is 402 g/mol. The molecule has 2 aromatic heterocycles. The van der Waals surface area contributed by atoms with Crippen LogP contribution >= 0.6 is 0 Å². The van der Waals surface area contributed by atoms with E-state index in [1.54, 1.807) is 0 Å². The van der Waals surface area contributed by atoms with Gasteiger partial charge in [0.15, 0.2) is 5.65 Å². The number of anilines is 1. The van der Waals surface area contributed by atoms with Crippen molar-refractivity contribution in [3.05, 3.63) is 41.0 Å². The van der Waals surface area contributed by atoms with Gasteiger partial charge in [0.1, 0.15) is 11.9 Å². The molecule has 0 amide bonds. The van der Waals surface area contributed by atoms with Gasteiger partial charge in [0.25, 0.3) is 0 Å². The summed E-state index contributed by atoms with van der Waals surface area (Å²) in [5, 5.41) is 22.6. The number of nitrogens with one attached hydrogen (secondary N) is 1. The highest BCUT2D eigenvalue weighted by atomic mass is 16.5. The number of benzene rings is 1. The van der Waals surface area contributed by atoms with E-state index >= 15 is 0 Å². The molecule has 0 atom stereocenters. The maximum Gasteiger partial charge on any atom is 0.157 e. The number of hydrogen-bond donors (Lipinski definition) is 1. The lowest BCUT2D eigenvalue weighted by molar-refractivity contribution is 0.0378. The molecule has 0 radical (unpaired) electrons. The van der Waals surface area contributed by atoms with Gasteiger partial charge < -0.3 is 10.1 Å². The Morgan fingerprint density at radius 3 is 2.77 bits per heavy atom. The second kappa shape index (κ2) is 9.13. The maximum absolute atomic E-state index is 9.84. The second-order valence-corrected chi connectivity index (χ2v) is 7.59. The average molecular weight is 403 g/mol. The summed E-state index contributed by atoms with van der Waals surface area (Å²) in [7, 11) is 0. The van der Waals surface area contributed by atoms with Gasteiger partial charge in [-0.15, -0.1) is 0 Å². The van der Waals surface area contributed by atoms with Crippen molar-refractivity contribution < 1.29 is 4.74 Å². The summed E-state index contributed by atoms with van der Waals surface area (Å²) in [6, 6.07) is 12.5. The standard InChI is InChI=1S/C23H26N6O/c1-17-18(6-4-9-24)22(26-10-5-11-28-12-14-30-15-13-28)29-21-8-3-2-7-20(21)27-23(29)19(17)16-25/h2-3,7-8,26H,4-6,10-15H2,1H3. The molecule has 30 heavy (non-hydrogen) atoms. The summed E-state index contributed by atoms with van der Waals surface area (Å²) in [6.45, 7) is 7.38. The molecule has 7 heteroatoms. The highest BCUT2D eigenvalue weighted by molar-refractivity contribution is 5.86. The van der Waals surface area contributed by atoms with E-state index < -0.39 is 0 Å². The molecule has 0 unspecified atom stereocenters. The fourth-order valence-electron chi connectivity index (χ4n) is 4.19. The predicted molar refractivity (Wildman–Crippen MR) is 116 cm³/mol. The number of morpholine rings is 1. The van der Waals surface area contributed by atoms with Crippen LogP contribution < -0.4 is 5.32 Å². The Hall–Kier alpha value is -3.13. The first-order valence-corrected chi connectivity index (χ1v) is 10.5. The van der Waals surface area contributed by atoms with Crippen LogP contribution in [0.5, 0.6) is 0 Å². The number of fused-ring (bicyclic) bond motifs is 3. The SMILES string of the molecule is Cc1c(CCC#N)c(NCCCN2CCOCC2)n2c(nc3ccccc32)c1C#N. The average Bonchev–Trinajstić information content (AvgIpc) is 3.16. The van der Waals surface area contributed by atoms with Crippen molar-refractivity contribution in [3.63, 3.8) is 0 Å². The third-order valence-electron chi connectivity index (χ3n) is 5.77. The molecule has 1 aromatic carbocycles. The summed E-state index contributed by atoms with van der Waals surface area (Å²) >= 11 is 0. The van der Waals surface area contributed by atoms with Crippen LogP contribution in [0.1, 0.15) is 29.5 Å². The Labute approximate surface area is 176 Å². The van der Waals surface area contributed by atoms with E-state index in [1.807, 2.05) is 31.2 Å². The zero-order valence-corrected chi connectivity index (χ0v) is 17.3. The Bertz CT molecular complexity index is 1130. The number of ether oxygens (including phenoxy) is 1. The molecule has 0 spiro atoms. The number of para-hydroxylation sites is 2. The highest BCUT2D eigenvalue weighted by Gasteiger charge is 2.20. The summed E-state index contributed by atoms with van der Waals surface area (Å²) in [5.74, 6) is 0.951. The van der Waals surface area contributed by atoms with Crippen molar-refractivity contribution in [3.8, 4) is 12.1 Å². The molecule has 0 bridgehead atoms. The van der Waals surface area contributed by atoms with Crippen LogP contribution in [0.3, 0.4) is 0 Å². The normalized spacial score (nSPS) is 14.6. The number of hydrogen-bond acceptors (Lipinski definition) is 6. The van der Waals surface area contributed by atoms with Crippen molar-refractivity contribution in [2.45, 2.75) is 26.2 Å². The lowest BCUT2D eigenvalue weighted by atomic mass is 10.0. The van der Waals surface area contributed by atoms with Crippen molar-refractivity contribution in [1.29, 1.82) is 10.5 Å². The Morgan fingerprint density at radius 1 is 1.20 bits per heavy atom. The van der Waals surface area contributed by atoms with Crippen LogP contribution in [0.2, 0.25) is 0 Å². The number of nitriles is 2. The molecule has 1 aliphatic rings. The molecule has 154 valence electrons. The molecule has 7 nitrogen and oxygen atoms in total. The number of nitrogens with zero attached hydrogens (tertiary/aromatic N) is 5. The van der Waals surface area contributed by atoms with Gasteiger partial charge in [-0.05, 0) is 49.6 Å². The van der Waals surface area contributed by atoms with Crippen molar-refractivity contribution in [2.75, 3.05) is 44.7 Å². The van der Waals surface area contributed by atoms with Gasteiger partial charge >= 0.3 is 0 Å². The molecule has 3 aromatic rings. The van der Waals surface area contributed by atoms with Gasteiger partial charge in [-0.2, -0.15) is 10.5 Å². The second-order valence-electron chi connectivity index (χ2n) is 7.59. The summed E-state index contributed by atoms with van der Waals surface area (Å²) in [6.07, 6.45) is 2.02. The summed E-state index contributed by atoms with van der Waals surface area (Å²) in [5.41, 5.74) is 5.02. The minimum atomic E-state index is 0.409. The Morgan fingerprint density at radius 2 is 2.00 bits per heavy atom. The topological polar surface area (TPSA) is 89.4 Å². The number of aromatic nitrogens is 2. The smallest absolute Gasteiger partial charge is 0.157 e. The molecule has 4 rings (SSSR count). The van der Waals surface area contributed by atoms with Gasteiger partial charge in [-0.1, -0.05) is 12.1 Å². The first-order chi connectivity index (χ1) is 14.7. The largest absolute Gasteiger partial charge is 0.379 e. The van der Waals surface area contributed by atoms with E-state index in [9.17, 15) is 5.26 Å². The van der Waals surface area contributed by atoms with Crippen molar-refractivity contribution in [2.24, 2.45) is 0 Å². The van der Waals surface area contributed by atoms with Gasteiger partial charge in [0.2, 0.25) is 0 Å². The van der Waals surface area contributed by atoms with Crippen LogP contribution in [0, 0.1) is 29.6 Å². The van der Waals surface area contributed by atoms with E-state index in [2.05, 4.69) is 26.8 Å². The van der Waals surface area contributed by atoms with Crippen molar-refractivity contribution in [1.82, 2.24) is 14.3 Å². The van der Waals surface area contributed by atoms with E-state index in [0.29, 0.717) is 24.1 Å². The Kier molecular flexibility index (Phi) is 6.13. The zero-order valence-electron chi connectivity index (χ0n) is 17.3. The van der Waals surface area contributed by atoms with E-state index in [0.717, 1.165) is 73.8 Å². The Balaban J connectivity index is 1.71. The first kappa shape index (κ1) is 20.2. The van der Waals surface area contributed by atoms with Gasteiger partial charge in [-0.25, -0.2) is 4.98 Å². The zero-order chi connectivity index (χ0) is 20.9. The summed E-state index contributed by atoms with van der Waals surface area (Å²) < 4.78 is 7.48. The minimum Gasteiger partial charge on any atom is -0.379 e. The van der Waals surface area contributed by atoms with Crippen LogP contribution in [0.25, 0.3) is 16.7 Å². The lowest BCUT2D eigenvalue weighted by Gasteiger charge is -2.26. The molecule has 1 N–H and O–H groups in total. The van der Waals surface area contributed by atoms with E-state index in [1.165, 1.54) is 0 Å². The molecule has 3 heterocycles. The molecular formula is C23H26N6O.